The Labute approximate surface area is 68.5 Å². The first-order valence-electron chi connectivity index (χ1n) is 1.87. The fourth-order valence-corrected chi connectivity index (χ4v) is 0.519. The van der Waals surface area contributed by atoms with Gasteiger partial charge in [-0.15, -0.1) is 4.47 Å². The van der Waals surface area contributed by atoms with Crippen LogP contribution in [0.25, 0.3) is 0 Å². The maximum absolute atomic E-state index is 3.76. The fraction of sp³-hybridized carbons (Fsp3) is 0. The van der Waals surface area contributed by atoms with Crippen molar-refractivity contribution in [3.05, 3.63) is 29.0 Å². The average Bonchev–Trinajstić information content (AvgIpc) is 1.69. The molecule has 3 heteroatoms. The molecule has 1 nitrogen and oxygen atoms in total. The summed E-state index contributed by atoms with van der Waals surface area (Å²) in [5.74, 6) is 0. The summed E-state index contributed by atoms with van der Waals surface area (Å²) in [6.07, 6.45) is 3.32. The normalized spacial score (nSPS) is 7.62. The van der Waals surface area contributed by atoms with Gasteiger partial charge in [-0.3, -0.25) is 0 Å². The van der Waals surface area contributed by atoms with E-state index >= 15 is 0 Å². The van der Waals surface area contributed by atoms with Crippen LogP contribution in [0.5, 0.6) is 0 Å². The summed E-state index contributed by atoms with van der Waals surface area (Å²) in [6, 6.07) is 4.67. The molecule has 0 unspecified atom stereocenters. The molecule has 0 spiro atoms. The van der Waals surface area contributed by atoms with Gasteiger partial charge in [-0.05, 0) is 0 Å². The third kappa shape index (κ3) is 2.50. The second-order valence-electron chi connectivity index (χ2n) is 1.09. The molecule has 0 bridgehead atoms. The summed E-state index contributed by atoms with van der Waals surface area (Å²) in [5.41, 5.74) is 0. The molecule has 1 radical (unpaired) electrons. The monoisotopic (exact) mass is 207 g/mol. The minimum atomic E-state index is 0. The molecule has 0 aliphatic heterocycles. The van der Waals surface area contributed by atoms with Crippen LogP contribution in [0.15, 0.2) is 22.9 Å². The van der Waals surface area contributed by atoms with Gasteiger partial charge in [0.25, 0.3) is 0 Å². The molecule has 1 aromatic rings. The first-order valence-corrected chi connectivity index (χ1v) is 2.66. The Kier molecular flexibility index (Phi) is 4.24. The third-order valence-electron chi connectivity index (χ3n) is 0.584. The summed E-state index contributed by atoms with van der Waals surface area (Å²) in [4.78, 5) is 3.76. The van der Waals surface area contributed by atoms with Crippen LogP contribution in [0.3, 0.4) is 0 Å². The standard InChI is InChI=1S/C5H3BrN.V/c6-5-1-3-7-4-2-5;/h1,3-4H;/q-1;+2. The van der Waals surface area contributed by atoms with E-state index in [1.54, 1.807) is 12.4 Å². The molecular weight excluding hydrogens is 205 g/mol. The zero-order valence-electron chi connectivity index (χ0n) is 4.00. The van der Waals surface area contributed by atoms with E-state index in [1.165, 1.54) is 0 Å². The van der Waals surface area contributed by atoms with Crippen molar-refractivity contribution in [2.45, 2.75) is 0 Å². The number of rotatable bonds is 0. The van der Waals surface area contributed by atoms with Crippen LogP contribution in [-0.2, 0) is 18.6 Å². The van der Waals surface area contributed by atoms with E-state index in [0.717, 1.165) is 4.47 Å². The molecule has 0 aliphatic carbocycles. The zero-order valence-corrected chi connectivity index (χ0v) is 6.99. The van der Waals surface area contributed by atoms with Gasteiger partial charge in [-0.1, -0.05) is 28.3 Å². The van der Waals surface area contributed by atoms with E-state index in [0.29, 0.717) is 0 Å². The number of aromatic nitrogens is 1. The van der Waals surface area contributed by atoms with Crippen LogP contribution in [0.4, 0.5) is 0 Å². The van der Waals surface area contributed by atoms with Crippen molar-refractivity contribution >= 4 is 15.9 Å². The zero-order chi connectivity index (χ0) is 5.11. The van der Waals surface area contributed by atoms with Crippen LogP contribution < -0.4 is 0 Å². The van der Waals surface area contributed by atoms with E-state index < -0.39 is 0 Å². The van der Waals surface area contributed by atoms with Gasteiger partial charge in [0.15, 0.2) is 0 Å². The Morgan fingerprint density at radius 1 is 1.62 bits per heavy atom. The Balaban J connectivity index is 0.000000490. The molecule has 39 valence electrons. The van der Waals surface area contributed by atoms with Crippen molar-refractivity contribution in [2.24, 2.45) is 0 Å². The predicted octanol–water partition coefficient (Wildman–Crippen LogP) is 1.64. The molecule has 0 saturated carbocycles. The molecule has 1 aromatic heterocycles. The maximum Gasteiger partial charge on any atom is 2.00 e. The van der Waals surface area contributed by atoms with E-state index in [2.05, 4.69) is 27.0 Å². The third-order valence-corrected chi connectivity index (χ3v) is 1.08. The summed E-state index contributed by atoms with van der Waals surface area (Å²) in [6.45, 7) is 0. The van der Waals surface area contributed by atoms with Crippen LogP contribution >= 0.6 is 15.9 Å². The van der Waals surface area contributed by atoms with Gasteiger partial charge in [0.1, 0.15) is 0 Å². The van der Waals surface area contributed by atoms with Crippen molar-refractivity contribution in [2.75, 3.05) is 0 Å². The van der Waals surface area contributed by atoms with E-state index in [4.69, 9.17) is 0 Å². The number of nitrogens with zero attached hydrogens (tertiary/aromatic N) is 1. The van der Waals surface area contributed by atoms with Gasteiger partial charge in [-0.2, -0.15) is 6.07 Å². The second kappa shape index (κ2) is 4.13. The van der Waals surface area contributed by atoms with Crippen LogP contribution in [-0.4, -0.2) is 4.98 Å². The van der Waals surface area contributed by atoms with Gasteiger partial charge in [0.05, 0.1) is 0 Å². The number of pyridine rings is 1. The summed E-state index contributed by atoms with van der Waals surface area (Å²) >= 11 is 3.22. The molecule has 0 saturated heterocycles. The van der Waals surface area contributed by atoms with Gasteiger partial charge in [-0.25, -0.2) is 6.07 Å². The molecule has 0 aromatic carbocycles. The van der Waals surface area contributed by atoms with Gasteiger partial charge in [0, 0.05) is 0 Å². The second-order valence-corrected chi connectivity index (χ2v) is 1.94. The topological polar surface area (TPSA) is 12.9 Å². The van der Waals surface area contributed by atoms with Gasteiger partial charge >= 0.3 is 18.6 Å². The van der Waals surface area contributed by atoms with Crippen LogP contribution in [0, 0.1) is 6.07 Å². The van der Waals surface area contributed by atoms with Gasteiger partial charge < -0.3 is 4.98 Å². The SMILES string of the molecule is Brc1[c-]cncc1.[V+2]. The molecule has 0 fully saturated rings. The Bertz CT molecular complexity index is 142. The smallest absolute Gasteiger partial charge is 0.304 e. The summed E-state index contributed by atoms with van der Waals surface area (Å²) in [5, 5.41) is 0. The molecule has 0 aliphatic rings. The minimum absolute atomic E-state index is 0. The van der Waals surface area contributed by atoms with Crippen molar-refractivity contribution < 1.29 is 18.6 Å². The Morgan fingerprint density at radius 3 is 2.62 bits per heavy atom. The van der Waals surface area contributed by atoms with Crippen molar-refractivity contribution in [3.63, 3.8) is 0 Å². The van der Waals surface area contributed by atoms with E-state index in [1.807, 2.05) is 6.07 Å². The molecule has 8 heavy (non-hydrogen) atoms. The Hall–Kier alpha value is 0.214. The van der Waals surface area contributed by atoms with Crippen molar-refractivity contribution in [1.82, 2.24) is 4.98 Å². The van der Waals surface area contributed by atoms with Gasteiger partial charge in [0.2, 0.25) is 0 Å². The fourth-order valence-electron chi connectivity index (χ4n) is 0.299. The Morgan fingerprint density at radius 2 is 2.38 bits per heavy atom. The molecular formula is C5H3BrNV+. The van der Waals surface area contributed by atoms with Crippen LogP contribution in [0.1, 0.15) is 0 Å². The maximum atomic E-state index is 3.76. The van der Waals surface area contributed by atoms with Crippen molar-refractivity contribution in [3.8, 4) is 0 Å². The summed E-state index contributed by atoms with van der Waals surface area (Å²) < 4.78 is 0.947. The molecule has 0 N–H and O–H groups in total. The number of halogens is 1. The largest absolute Gasteiger partial charge is 2.00 e. The number of hydrogen-bond donors (Lipinski definition) is 0. The number of hydrogen-bond acceptors (Lipinski definition) is 1. The van der Waals surface area contributed by atoms with E-state index in [-0.39, 0.29) is 18.6 Å². The van der Waals surface area contributed by atoms with Crippen LogP contribution in [0.2, 0.25) is 0 Å². The first-order chi connectivity index (χ1) is 3.39. The predicted molar refractivity (Wildman–Crippen MR) is 30.8 cm³/mol. The summed E-state index contributed by atoms with van der Waals surface area (Å²) in [7, 11) is 0. The van der Waals surface area contributed by atoms with Crippen molar-refractivity contribution in [1.29, 1.82) is 0 Å². The first kappa shape index (κ1) is 8.21. The molecule has 0 amide bonds. The quantitative estimate of drug-likeness (QED) is 0.590. The van der Waals surface area contributed by atoms with E-state index in [9.17, 15) is 0 Å². The molecule has 1 heterocycles. The molecule has 1 rings (SSSR count). The average molecular weight is 208 g/mol. The molecule has 0 atom stereocenters. The minimum Gasteiger partial charge on any atom is -0.304 e.